The standard InChI is InChI=1S/C19H20N2O2/c1-14-6-5-7-15(12-14)13-20-18(22)17-10-11-21(19(17)23)16-8-3-2-4-9-16/h2-9,12,17H,10-11,13H2,1H3,(H,20,22). The molecule has 118 valence electrons. The van der Waals surface area contributed by atoms with Gasteiger partial charge in [0.2, 0.25) is 11.8 Å². The van der Waals surface area contributed by atoms with E-state index in [0.29, 0.717) is 19.5 Å². The fraction of sp³-hybridized carbons (Fsp3) is 0.263. The number of nitrogens with one attached hydrogen (secondary N) is 1. The van der Waals surface area contributed by atoms with Crippen molar-refractivity contribution < 1.29 is 9.59 Å². The van der Waals surface area contributed by atoms with Gasteiger partial charge in [-0.25, -0.2) is 0 Å². The van der Waals surface area contributed by atoms with E-state index >= 15 is 0 Å². The lowest BCUT2D eigenvalue weighted by atomic mass is 10.1. The van der Waals surface area contributed by atoms with Crippen LogP contribution in [0.4, 0.5) is 5.69 Å². The SMILES string of the molecule is Cc1cccc(CNC(=O)C2CCN(c3ccccc3)C2=O)c1. The van der Waals surface area contributed by atoms with Gasteiger partial charge in [-0.1, -0.05) is 48.0 Å². The third-order valence-electron chi connectivity index (χ3n) is 4.14. The summed E-state index contributed by atoms with van der Waals surface area (Å²) in [6.45, 7) is 3.06. The van der Waals surface area contributed by atoms with Crippen LogP contribution < -0.4 is 10.2 Å². The van der Waals surface area contributed by atoms with Crippen LogP contribution >= 0.6 is 0 Å². The molecule has 1 aliphatic rings. The van der Waals surface area contributed by atoms with Gasteiger partial charge in [0.1, 0.15) is 5.92 Å². The molecule has 1 fully saturated rings. The molecule has 1 heterocycles. The van der Waals surface area contributed by atoms with E-state index < -0.39 is 5.92 Å². The molecule has 1 aliphatic heterocycles. The third kappa shape index (κ3) is 3.42. The Morgan fingerprint density at radius 1 is 1.17 bits per heavy atom. The molecule has 2 aromatic rings. The van der Waals surface area contributed by atoms with E-state index in [1.54, 1.807) is 4.90 Å². The van der Waals surface area contributed by atoms with Crippen LogP contribution in [0.25, 0.3) is 0 Å². The Morgan fingerprint density at radius 3 is 2.70 bits per heavy atom. The Balaban J connectivity index is 1.61. The average molecular weight is 308 g/mol. The Hall–Kier alpha value is -2.62. The van der Waals surface area contributed by atoms with E-state index in [4.69, 9.17) is 0 Å². The summed E-state index contributed by atoms with van der Waals surface area (Å²) < 4.78 is 0. The molecule has 23 heavy (non-hydrogen) atoms. The lowest BCUT2D eigenvalue weighted by molar-refractivity contribution is -0.132. The highest BCUT2D eigenvalue weighted by molar-refractivity contribution is 6.09. The highest BCUT2D eigenvalue weighted by Gasteiger charge is 2.37. The van der Waals surface area contributed by atoms with Crippen molar-refractivity contribution in [2.24, 2.45) is 5.92 Å². The predicted octanol–water partition coefficient (Wildman–Crippen LogP) is 2.66. The number of nitrogens with zero attached hydrogens (tertiary/aromatic N) is 1. The smallest absolute Gasteiger partial charge is 0.239 e. The highest BCUT2D eigenvalue weighted by Crippen LogP contribution is 2.25. The first kappa shape index (κ1) is 15.3. The number of hydrogen-bond acceptors (Lipinski definition) is 2. The molecule has 1 atom stereocenters. The zero-order chi connectivity index (χ0) is 16.2. The first-order valence-electron chi connectivity index (χ1n) is 7.85. The van der Waals surface area contributed by atoms with Crippen LogP contribution in [0.2, 0.25) is 0 Å². The number of amides is 2. The number of aryl methyl sites for hydroxylation is 1. The summed E-state index contributed by atoms with van der Waals surface area (Å²) in [6.07, 6.45) is 0.563. The molecular formula is C19H20N2O2. The molecule has 0 bridgehead atoms. The Kier molecular flexibility index (Phi) is 4.42. The number of anilines is 1. The summed E-state index contributed by atoms with van der Waals surface area (Å²) in [6, 6.07) is 17.5. The summed E-state index contributed by atoms with van der Waals surface area (Å²) in [5.41, 5.74) is 3.05. The van der Waals surface area contributed by atoms with Crippen LogP contribution in [0.3, 0.4) is 0 Å². The minimum absolute atomic E-state index is 0.113. The third-order valence-corrected chi connectivity index (χ3v) is 4.14. The lowest BCUT2D eigenvalue weighted by Crippen LogP contribution is -2.36. The molecule has 2 aromatic carbocycles. The Bertz CT molecular complexity index is 712. The minimum Gasteiger partial charge on any atom is -0.351 e. The fourth-order valence-electron chi connectivity index (χ4n) is 2.92. The fourth-order valence-corrected chi connectivity index (χ4v) is 2.92. The summed E-state index contributed by atoms with van der Waals surface area (Å²) in [5, 5.41) is 2.88. The van der Waals surface area contributed by atoms with E-state index in [1.165, 1.54) is 0 Å². The van der Waals surface area contributed by atoms with E-state index in [1.807, 2.05) is 61.5 Å². The molecular weight excluding hydrogens is 288 g/mol. The number of carbonyl (C=O) groups excluding carboxylic acids is 2. The molecule has 3 rings (SSSR count). The summed E-state index contributed by atoms with van der Waals surface area (Å²) in [4.78, 5) is 26.5. The second kappa shape index (κ2) is 6.65. The van der Waals surface area contributed by atoms with Gasteiger partial charge in [0.05, 0.1) is 0 Å². The maximum absolute atomic E-state index is 12.5. The topological polar surface area (TPSA) is 49.4 Å². The van der Waals surface area contributed by atoms with Gasteiger partial charge in [0.15, 0.2) is 0 Å². The number of hydrogen-bond donors (Lipinski definition) is 1. The van der Waals surface area contributed by atoms with Gasteiger partial charge >= 0.3 is 0 Å². The van der Waals surface area contributed by atoms with Crippen molar-refractivity contribution in [3.05, 3.63) is 65.7 Å². The first-order chi connectivity index (χ1) is 11.1. The molecule has 0 saturated carbocycles. The Morgan fingerprint density at radius 2 is 1.96 bits per heavy atom. The molecule has 2 amide bonds. The number of benzene rings is 2. The van der Waals surface area contributed by atoms with Crippen molar-refractivity contribution in [1.82, 2.24) is 5.32 Å². The van der Waals surface area contributed by atoms with Crippen LogP contribution in [0.15, 0.2) is 54.6 Å². The van der Waals surface area contributed by atoms with Gasteiger partial charge in [-0.05, 0) is 31.0 Å². The van der Waals surface area contributed by atoms with E-state index in [9.17, 15) is 9.59 Å². The quantitative estimate of drug-likeness (QED) is 0.883. The molecule has 0 aliphatic carbocycles. The van der Waals surface area contributed by atoms with E-state index in [0.717, 1.165) is 16.8 Å². The number of rotatable bonds is 4. The van der Waals surface area contributed by atoms with E-state index in [-0.39, 0.29) is 11.8 Å². The van der Waals surface area contributed by atoms with Crippen LogP contribution in [-0.2, 0) is 16.1 Å². The first-order valence-corrected chi connectivity index (χ1v) is 7.85. The lowest BCUT2D eigenvalue weighted by Gasteiger charge is -2.16. The molecule has 4 nitrogen and oxygen atoms in total. The molecule has 1 N–H and O–H groups in total. The van der Waals surface area contributed by atoms with Crippen LogP contribution in [0.1, 0.15) is 17.5 Å². The second-order valence-electron chi connectivity index (χ2n) is 5.87. The zero-order valence-corrected chi connectivity index (χ0v) is 13.2. The van der Waals surface area contributed by atoms with Crippen molar-refractivity contribution in [1.29, 1.82) is 0 Å². The van der Waals surface area contributed by atoms with Gasteiger partial charge in [0, 0.05) is 18.8 Å². The zero-order valence-electron chi connectivity index (χ0n) is 13.2. The van der Waals surface area contributed by atoms with Crippen molar-refractivity contribution in [3.8, 4) is 0 Å². The maximum atomic E-state index is 12.5. The van der Waals surface area contributed by atoms with Gasteiger partial charge in [-0.3, -0.25) is 9.59 Å². The van der Waals surface area contributed by atoms with Crippen LogP contribution in [-0.4, -0.2) is 18.4 Å². The number of carbonyl (C=O) groups is 2. The summed E-state index contributed by atoms with van der Waals surface area (Å²) >= 11 is 0. The van der Waals surface area contributed by atoms with Crippen molar-refractivity contribution in [2.45, 2.75) is 19.9 Å². The van der Waals surface area contributed by atoms with Crippen molar-refractivity contribution >= 4 is 17.5 Å². The maximum Gasteiger partial charge on any atom is 0.239 e. The van der Waals surface area contributed by atoms with Crippen molar-refractivity contribution in [3.63, 3.8) is 0 Å². The normalized spacial score (nSPS) is 17.3. The molecule has 1 saturated heterocycles. The van der Waals surface area contributed by atoms with Crippen LogP contribution in [0, 0.1) is 12.8 Å². The van der Waals surface area contributed by atoms with Gasteiger partial charge < -0.3 is 10.2 Å². The summed E-state index contributed by atoms with van der Waals surface area (Å²) in [5.74, 6) is -0.882. The average Bonchev–Trinajstić information content (AvgIpc) is 2.95. The van der Waals surface area contributed by atoms with Gasteiger partial charge in [-0.2, -0.15) is 0 Å². The Labute approximate surface area is 136 Å². The molecule has 0 radical (unpaired) electrons. The monoisotopic (exact) mass is 308 g/mol. The minimum atomic E-state index is -0.583. The van der Waals surface area contributed by atoms with Crippen LogP contribution in [0.5, 0.6) is 0 Å². The highest BCUT2D eigenvalue weighted by atomic mass is 16.2. The predicted molar refractivity (Wildman–Crippen MR) is 89.9 cm³/mol. The van der Waals surface area contributed by atoms with E-state index in [2.05, 4.69) is 5.32 Å². The molecule has 0 spiro atoms. The summed E-state index contributed by atoms with van der Waals surface area (Å²) in [7, 11) is 0. The molecule has 0 aromatic heterocycles. The van der Waals surface area contributed by atoms with Gasteiger partial charge in [-0.15, -0.1) is 0 Å². The molecule has 1 unspecified atom stereocenters. The van der Waals surface area contributed by atoms with Gasteiger partial charge in [0.25, 0.3) is 0 Å². The van der Waals surface area contributed by atoms with Crippen molar-refractivity contribution in [2.75, 3.05) is 11.4 Å². The second-order valence-corrected chi connectivity index (χ2v) is 5.87. The largest absolute Gasteiger partial charge is 0.351 e. The number of para-hydroxylation sites is 1. The molecule has 4 heteroatoms.